The molecule has 0 saturated carbocycles. The second kappa shape index (κ2) is 7.62. The topological polar surface area (TPSA) is 55.4 Å². The molecule has 5 heteroatoms. The van der Waals surface area contributed by atoms with Gasteiger partial charge in [0.2, 0.25) is 10.0 Å². The monoisotopic (exact) mass is 333 g/mol. The first-order valence-electron chi connectivity index (χ1n) is 7.71. The van der Waals surface area contributed by atoms with Crippen molar-refractivity contribution >= 4 is 10.0 Å². The smallest absolute Gasteiger partial charge is 0.241 e. The Morgan fingerprint density at radius 3 is 2.17 bits per heavy atom. The normalized spacial score (nSPS) is 12.8. The molecule has 0 radical (unpaired) electrons. The molecule has 23 heavy (non-hydrogen) atoms. The highest BCUT2D eigenvalue weighted by atomic mass is 32.2. The van der Waals surface area contributed by atoms with E-state index in [9.17, 15) is 8.42 Å². The van der Waals surface area contributed by atoms with Crippen molar-refractivity contribution in [1.29, 1.82) is 0 Å². The molecule has 2 aromatic rings. The van der Waals surface area contributed by atoms with Crippen molar-refractivity contribution in [1.82, 2.24) is 4.72 Å². The van der Waals surface area contributed by atoms with Crippen molar-refractivity contribution < 1.29 is 13.2 Å². The molecule has 0 aliphatic carbocycles. The fraction of sp³-hybridized carbons (Fsp3) is 0.333. The molecule has 0 aromatic heterocycles. The highest BCUT2D eigenvalue weighted by Gasteiger charge is 2.18. The van der Waals surface area contributed by atoms with Gasteiger partial charge in [0.1, 0.15) is 5.75 Å². The minimum atomic E-state index is -3.56. The summed E-state index contributed by atoms with van der Waals surface area (Å²) in [5.41, 5.74) is 2.21. The first kappa shape index (κ1) is 17.5. The van der Waals surface area contributed by atoms with Crippen molar-refractivity contribution in [3.8, 4) is 5.75 Å². The Labute approximate surface area is 138 Å². The van der Waals surface area contributed by atoms with Gasteiger partial charge in [-0.2, -0.15) is 0 Å². The summed E-state index contributed by atoms with van der Waals surface area (Å²) in [4.78, 5) is 0.229. The van der Waals surface area contributed by atoms with E-state index in [0.29, 0.717) is 5.75 Å². The third-order valence-electron chi connectivity index (χ3n) is 3.72. The van der Waals surface area contributed by atoms with E-state index in [2.05, 4.69) is 23.8 Å². The number of sulfonamides is 1. The minimum Gasteiger partial charge on any atom is -0.497 e. The summed E-state index contributed by atoms with van der Waals surface area (Å²) in [7, 11) is -2.01. The lowest BCUT2D eigenvalue weighted by Gasteiger charge is -2.15. The van der Waals surface area contributed by atoms with Gasteiger partial charge in [0.05, 0.1) is 12.0 Å². The quantitative estimate of drug-likeness (QED) is 0.841. The highest BCUT2D eigenvalue weighted by molar-refractivity contribution is 7.89. The van der Waals surface area contributed by atoms with Crippen molar-refractivity contribution in [3.63, 3.8) is 0 Å². The average molecular weight is 333 g/mol. The van der Waals surface area contributed by atoms with E-state index >= 15 is 0 Å². The largest absolute Gasteiger partial charge is 0.497 e. The predicted molar refractivity (Wildman–Crippen MR) is 92.2 cm³/mol. The van der Waals surface area contributed by atoms with Gasteiger partial charge in [-0.15, -0.1) is 0 Å². The highest BCUT2D eigenvalue weighted by Crippen LogP contribution is 2.20. The van der Waals surface area contributed by atoms with E-state index in [1.807, 2.05) is 19.1 Å². The maximum absolute atomic E-state index is 12.4. The van der Waals surface area contributed by atoms with Gasteiger partial charge in [0, 0.05) is 6.04 Å². The van der Waals surface area contributed by atoms with E-state index < -0.39 is 10.0 Å². The number of aryl methyl sites for hydroxylation is 1. The van der Waals surface area contributed by atoms with Gasteiger partial charge in [-0.3, -0.25) is 0 Å². The van der Waals surface area contributed by atoms with Crippen LogP contribution in [0.3, 0.4) is 0 Å². The Balaban J connectivity index is 2.12. The van der Waals surface area contributed by atoms with Gasteiger partial charge >= 0.3 is 0 Å². The number of hydrogen-bond acceptors (Lipinski definition) is 3. The lowest BCUT2D eigenvalue weighted by Crippen LogP contribution is -2.26. The number of ether oxygens (including phenoxy) is 1. The third kappa shape index (κ3) is 4.56. The predicted octanol–water partition coefficient (Wildman–Crippen LogP) is 3.69. The van der Waals surface area contributed by atoms with Crippen LogP contribution >= 0.6 is 0 Å². The van der Waals surface area contributed by atoms with E-state index in [-0.39, 0.29) is 10.9 Å². The van der Waals surface area contributed by atoms with Crippen LogP contribution in [0.1, 0.15) is 37.4 Å². The van der Waals surface area contributed by atoms with Crippen molar-refractivity contribution in [2.45, 2.75) is 37.6 Å². The Morgan fingerprint density at radius 2 is 1.65 bits per heavy atom. The second-order valence-electron chi connectivity index (χ2n) is 5.51. The van der Waals surface area contributed by atoms with Gasteiger partial charge < -0.3 is 4.74 Å². The zero-order chi connectivity index (χ0) is 16.9. The van der Waals surface area contributed by atoms with Gasteiger partial charge in [0.15, 0.2) is 0 Å². The summed E-state index contributed by atoms with van der Waals surface area (Å²) in [5, 5.41) is 0. The summed E-state index contributed by atoms with van der Waals surface area (Å²) in [6, 6.07) is 14.1. The van der Waals surface area contributed by atoms with Crippen LogP contribution in [0, 0.1) is 0 Å². The molecular formula is C18H23NO3S. The van der Waals surface area contributed by atoms with E-state index in [4.69, 9.17) is 4.74 Å². The van der Waals surface area contributed by atoms with Crippen LogP contribution in [0.25, 0.3) is 0 Å². The molecule has 1 atom stereocenters. The Kier molecular flexibility index (Phi) is 5.80. The number of hydrogen-bond donors (Lipinski definition) is 1. The van der Waals surface area contributed by atoms with Gasteiger partial charge in [-0.25, -0.2) is 13.1 Å². The maximum atomic E-state index is 12.4. The molecule has 0 spiro atoms. The fourth-order valence-electron chi connectivity index (χ4n) is 2.39. The number of rotatable bonds is 7. The molecule has 0 saturated heterocycles. The van der Waals surface area contributed by atoms with Gasteiger partial charge in [0.25, 0.3) is 0 Å². The van der Waals surface area contributed by atoms with Crippen LogP contribution in [0.2, 0.25) is 0 Å². The summed E-state index contributed by atoms with van der Waals surface area (Å²) in [5.74, 6) is 0.628. The summed E-state index contributed by atoms with van der Waals surface area (Å²) in [6.07, 6.45) is 2.13. The molecule has 2 rings (SSSR count). The molecule has 1 N–H and O–H groups in total. The molecule has 124 valence electrons. The first-order valence-corrected chi connectivity index (χ1v) is 9.20. The molecule has 0 amide bonds. The van der Waals surface area contributed by atoms with Crippen molar-refractivity contribution in [3.05, 3.63) is 59.7 Å². The van der Waals surface area contributed by atoms with Crippen LogP contribution in [0.4, 0.5) is 0 Å². The summed E-state index contributed by atoms with van der Waals surface area (Å²) < 4.78 is 32.6. The molecule has 0 unspecified atom stereocenters. The van der Waals surface area contributed by atoms with Crippen molar-refractivity contribution in [2.75, 3.05) is 7.11 Å². The minimum absolute atomic E-state index is 0.229. The molecule has 0 fully saturated rings. The van der Waals surface area contributed by atoms with Crippen LogP contribution in [-0.4, -0.2) is 15.5 Å². The molecule has 0 heterocycles. The van der Waals surface area contributed by atoms with Gasteiger partial charge in [-0.05, 0) is 48.7 Å². The summed E-state index contributed by atoms with van der Waals surface area (Å²) in [6.45, 7) is 3.98. The van der Waals surface area contributed by atoms with E-state index in [0.717, 1.165) is 18.4 Å². The zero-order valence-electron chi connectivity index (χ0n) is 13.7. The van der Waals surface area contributed by atoms with E-state index in [1.165, 1.54) is 17.7 Å². The van der Waals surface area contributed by atoms with E-state index in [1.54, 1.807) is 19.2 Å². The standard InChI is InChI=1S/C18H23NO3S/c1-4-5-15-6-8-16(9-7-15)14(2)19-23(20,21)18-12-10-17(22-3)11-13-18/h6-14,19H,4-5H2,1-3H3/t14-/m0/s1. The molecule has 0 aliphatic rings. The van der Waals surface area contributed by atoms with Crippen LogP contribution in [0.5, 0.6) is 5.75 Å². The van der Waals surface area contributed by atoms with Gasteiger partial charge in [-0.1, -0.05) is 37.6 Å². The number of methoxy groups -OCH3 is 1. The SMILES string of the molecule is CCCc1ccc([C@H](C)NS(=O)(=O)c2ccc(OC)cc2)cc1. The lowest BCUT2D eigenvalue weighted by molar-refractivity contribution is 0.414. The molecule has 0 aliphatic heterocycles. The molecule has 4 nitrogen and oxygen atoms in total. The van der Waals surface area contributed by atoms with Crippen LogP contribution in [-0.2, 0) is 16.4 Å². The average Bonchev–Trinajstić information content (AvgIpc) is 2.55. The Morgan fingerprint density at radius 1 is 1.04 bits per heavy atom. The lowest BCUT2D eigenvalue weighted by atomic mass is 10.0. The first-order chi connectivity index (χ1) is 11.0. The van der Waals surface area contributed by atoms with Crippen molar-refractivity contribution in [2.24, 2.45) is 0 Å². The summed E-state index contributed by atoms with van der Waals surface area (Å²) >= 11 is 0. The zero-order valence-corrected chi connectivity index (χ0v) is 14.6. The maximum Gasteiger partial charge on any atom is 0.241 e. The van der Waals surface area contributed by atoms with Crippen LogP contribution < -0.4 is 9.46 Å². The molecule has 0 bridgehead atoms. The third-order valence-corrected chi connectivity index (χ3v) is 5.28. The molecular weight excluding hydrogens is 310 g/mol. The number of nitrogens with one attached hydrogen (secondary N) is 1. The Bertz CT molecular complexity index is 722. The number of benzene rings is 2. The Hall–Kier alpha value is -1.85. The molecule has 2 aromatic carbocycles. The van der Waals surface area contributed by atoms with Crippen LogP contribution in [0.15, 0.2) is 53.4 Å². The fourth-order valence-corrected chi connectivity index (χ4v) is 3.62. The second-order valence-corrected chi connectivity index (χ2v) is 7.22.